The molecule has 0 aliphatic rings. The van der Waals surface area contributed by atoms with E-state index in [-0.39, 0.29) is 18.2 Å². The summed E-state index contributed by atoms with van der Waals surface area (Å²) in [6.07, 6.45) is 0.190. The maximum atomic E-state index is 12.4. The maximum Gasteiger partial charge on any atom is 0.310 e. The van der Waals surface area contributed by atoms with Crippen LogP contribution in [-0.2, 0) is 16.0 Å². The molecule has 104 valence electrons. The van der Waals surface area contributed by atoms with Crippen LogP contribution in [0.3, 0.4) is 0 Å². The van der Waals surface area contributed by atoms with Gasteiger partial charge in [-0.05, 0) is 46.3 Å². The van der Waals surface area contributed by atoms with Gasteiger partial charge in [-0.2, -0.15) is 0 Å². The van der Waals surface area contributed by atoms with Crippen molar-refractivity contribution < 1.29 is 14.3 Å². The first-order chi connectivity index (χ1) is 9.51. The fourth-order valence-electron chi connectivity index (χ4n) is 1.62. The number of carbonyl (C=O) groups is 2. The summed E-state index contributed by atoms with van der Waals surface area (Å²) in [5.74, 6) is -0.374. The van der Waals surface area contributed by atoms with Crippen LogP contribution < -0.4 is 0 Å². The average Bonchev–Trinajstić information content (AvgIpc) is 2.86. The Kier molecular flexibility index (Phi) is 5.12. The number of ketones is 1. The van der Waals surface area contributed by atoms with E-state index in [1.54, 1.807) is 18.2 Å². The third kappa shape index (κ3) is 3.56. The van der Waals surface area contributed by atoms with Gasteiger partial charge in [0.2, 0.25) is 5.78 Å². The van der Waals surface area contributed by atoms with Crippen molar-refractivity contribution in [2.45, 2.75) is 6.42 Å². The average molecular weight is 418 g/mol. The molecule has 0 spiro atoms. The standard InChI is InChI=1S/C14H10Br2O3S/c1-19-13(17)7-9-3-5-12(20-9)14(18)10-4-2-8(15)6-11(10)16/h2-6H,7H2,1H3. The third-order valence-corrected chi connectivity index (χ3v) is 4.84. The Morgan fingerprint density at radius 2 is 1.95 bits per heavy atom. The molecule has 3 nitrogen and oxygen atoms in total. The van der Waals surface area contributed by atoms with Gasteiger partial charge in [0.25, 0.3) is 0 Å². The van der Waals surface area contributed by atoms with Crippen LogP contribution in [0.25, 0.3) is 0 Å². The Bertz CT molecular complexity index is 664. The summed E-state index contributed by atoms with van der Waals surface area (Å²) >= 11 is 8.04. The van der Waals surface area contributed by atoms with Crippen molar-refractivity contribution in [2.24, 2.45) is 0 Å². The van der Waals surface area contributed by atoms with Crippen LogP contribution in [0.1, 0.15) is 20.1 Å². The minimum absolute atomic E-state index is 0.0644. The quantitative estimate of drug-likeness (QED) is 0.552. The molecular weight excluding hydrogens is 408 g/mol. The highest BCUT2D eigenvalue weighted by molar-refractivity contribution is 9.11. The molecule has 0 atom stereocenters. The lowest BCUT2D eigenvalue weighted by atomic mass is 10.1. The SMILES string of the molecule is COC(=O)Cc1ccc(C(=O)c2ccc(Br)cc2Br)s1. The van der Waals surface area contributed by atoms with Crippen molar-refractivity contribution in [3.8, 4) is 0 Å². The number of benzene rings is 1. The fraction of sp³-hybridized carbons (Fsp3) is 0.143. The van der Waals surface area contributed by atoms with E-state index in [4.69, 9.17) is 0 Å². The predicted octanol–water partition coefficient (Wildman–Crippen LogP) is 4.22. The van der Waals surface area contributed by atoms with Crippen LogP contribution >= 0.6 is 43.2 Å². The summed E-state index contributed by atoms with van der Waals surface area (Å²) in [4.78, 5) is 25.0. The van der Waals surface area contributed by atoms with Gasteiger partial charge in [-0.15, -0.1) is 11.3 Å². The molecule has 0 radical (unpaired) electrons. The summed E-state index contributed by atoms with van der Waals surface area (Å²) in [5.41, 5.74) is 0.597. The molecule has 2 rings (SSSR count). The first-order valence-electron chi connectivity index (χ1n) is 5.66. The van der Waals surface area contributed by atoms with Crippen molar-refractivity contribution in [3.63, 3.8) is 0 Å². The van der Waals surface area contributed by atoms with Crippen LogP contribution in [0, 0.1) is 0 Å². The summed E-state index contributed by atoms with van der Waals surface area (Å²) in [6, 6.07) is 8.93. The molecule has 1 aromatic heterocycles. The molecule has 0 fully saturated rings. The van der Waals surface area contributed by atoms with Crippen molar-refractivity contribution in [1.82, 2.24) is 0 Å². The molecule has 0 unspecified atom stereocenters. The van der Waals surface area contributed by atoms with Crippen LogP contribution in [0.2, 0.25) is 0 Å². The number of esters is 1. The van der Waals surface area contributed by atoms with E-state index >= 15 is 0 Å². The zero-order chi connectivity index (χ0) is 14.7. The van der Waals surface area contributed by atoms with Gasteiger partial charge in [0.15, 0.2) is 0 Å². The topological polar surface area (TPSA) is 43.4 Å². The predicted molar refractivity (Wildman–Crippen MR) is 85.3 cm³/mol. The molecule has 0 N–H and O–H groups in total. The highest BCUT2D eigenvalue weighted by Gasteiger charge is 2.16. The normalized spacial score (nSPS) is 10.3. The monoisotopic (exact) mass is 416 g/mol. The van der Waals surface area contributed by atoms with Gasteiger partial charge in [0, 0.05) is 19.4 Å². The van der Waals surface area contributed by atoms with E-state index in [0.29, 0.717) is 10.4 Å². The molecule has 0 aliphatic heterocycles. The minimum Gasteiger partial charge on any atom is -0.469 e. The Morgan fingerprint density at radius 1 is 1.20 bits per heavy atom. The number of methoxy groups -OCH3 is 1. The van der Waals surface area contributed by atoms with Gasteiger partial charge in [-0.3, -0.25) is 9.59 Å². The highest BCUT2D eigenvalue weighted by Crippen LogP contribution is 2.27. The first-order valence-corrected chi connectivity index (χ1v) is 8.07. The summed E-state index contributed by atoms with van der Waals surface area (Å²) in [7, 11) is 1.35. The van der Waals surface area contributed by atoms with Gasteiger partial charge in [0.05, 0.1) is 18.4 Å². The highest BCUT2D eigenvalue weighted by atomic mass is 79.9. The van der Waals surface area contributed by atoms with E-state index in [9.17, 15) is 9.59 Å². The number of thiophene rings is 1. The Morgan fingerprint density at radius 3 is 2.60 bits per heavy atom. The molecule has 2 aromatic rings. The molecule has 0 bridgehead atoms. The van der Waals surface area contributed by atoms with Crippen molar-refractivity contribution in [3.05, 3.63) is 54.6 Å². The van der Waals surface area contributed by atoms with E-state index < -0.39 is 0 Å². The lowest BCUT2D eigenvalue weighted by molar-refractivity contribution is -0.139. The Labute approximate surface area is 137 Å². The smallest absolute Gasteiger partial charge is 0.310 e. The van der Waals surface area contributed by atoms with Crippen LogP contribution in [0.15, 0.2) is 39.3 Å². The van der Waals surface area contributed by atoms with Gasteiger partial charge >= 0.3 is 5.97 Å². The second-order valence-electron chi connectivity index (χ2n) is 3.97. The number of rotatable bonds is 4. The van der Waals surface area contributed by atoms with E-state index in [1.807, 2.05) is 12.1 Å². The van der Waals surface area contributed by atoms with Gasteiger partial charge in [-0.1, -0.05) is 15.9 Å². The number of carbonyl (C=O) groups excluding carboxylic acids is 2. The lowest BCUT2D eigenvalue weighted by Gasteiger charge is -2.02. The minimum atomic E-state index is -0.310. The molecule has 0 amide bonds. The summed E-state index contributed by atoms with van der Waals surface area (Å²) < 4.78 is 6.25. The van der Waals surface area contributed by atoms with Gasteiger partial charge in [0.1, 0.15) is 0 Å². The van der Waals surface area contributed by atoms with Crippen molar-refractivity contribution >= 4 is 54.9 Å². The molecule has 0 saturated heterocycles. The third-order valence-electron chi connectivity index (χ3n) is 2.61. The summed E-state index contributed by atoms with van der Waals surface area (Å²) in [5, 5.41) is 0. The molecule has 1 aromatic carbocycles. The number of ether oxygens (including phenoxy) is 1. The molecule has 20 heavy (non-hydrogen) atoms. The Hall–Kier alpha value is -0.980. The zero-order valence-corrected chi connectivity index (χ0v) is 14.5. The van der Waals surface area contributed by atoms with E-state index in [0.717, 1.165) is 13.8 Å². The number of hydrogen-bond donors (Lipinski definition) is 0. The van der Waals surface area contributed by atoms with E-state index in [2.05, 4.69) is 36.6 Å². The van der Waals surface area contributed by atoms with Gasteiger partial charge < -0.3 is 4.74 Å². The Balaban J connectivity index is 2.23. The van der Waals surface area contributed by atoms with Crippen molar-refractivity contribution in [1.29, 1.82) is 0 Å². The lowest BCUT2D eigenvalue weighted by Crippen LogP contribution is -2.02. The number of halogens is 2. The molecule has 1 heterocycles. The molecule has 6 heteroatoms. The maximum absolute atomic E-state index is 12.4. The second-order valence-corrected chi connectivity index (χ2v) is 6.91. The molecular formula is C14H10Br2O3S. The first kappa shape index (κ1) is 15.4. The van der Waals surface area contributed by atoms with Crippen LogP contribution in [-0.4, -0.2) is 18.9 Å². The largest absolute Gasteiger partial charge is 0.469 e. The number of hydrogen-bond acceptors (Lipinski definition) is 4. The fourth-order valence-corrected chi connectivity index (χ4v) is 3.79. The second kappa shape index (κ2) is 6.65. The van der Waals surface area contributed by atoms with Crippen LogP contribution in [0.4, 0.5) is 0 Å². The van der Waals surface area contributed by atoms with Crippen LogP contribution in [0.5, 0.6) is 0 Å². The summed E-state index contributed by atoms with van der Waals surface area (Å²) in [6.45, 7) is 0. The molecule has 0 aliphatic carbocycles. The van der Waals surface area contributed by atoms with E-state index in [1.165, 1.54) is 18.4 Å². The zero-order valence-electron chi connectivity index (χ0n) is 10.5. The van der Waals surface area contributed by atoms with Crippen molar-refractivity contribution in [2.75, 3.05) is 7.11 Å². The van der Waals surface area contributed by atoms with Gasteiger partial charge in [-0.25, -0.2) is 0 Å². The molecule has 0 saturated carbocycles.